The zero-order valence-corrected chi connectivity index (χ0v) is 26.7. The predicted octanol–water partition coefficient (Wildman–Crippen LogP) is 6.00. The summed E-state index contributed by atoms with van der Waals surface area (Å²) in [5, 5.41) is 13.5. The number of hydrogen-bond donors (Lipinski definition) is 1. The molecule has 3 saturated carbocycles. The van der Waals surface area contributed by atoms with E-state index in [1.165, 1.54) is 0 Å². The van der Waals surface area contributed by atoms with Gasteiger partial charge in [-0.3, -0.25) is 9.59 Å². The Morgan fingerprint density at radius 2 is 1.67 bits per heavy atom. The second kappa shape index (κ2) is 9.27. The number of rotatable bonds is 1. The van der Waals surface area contributed by atoms with E-state index in [0.29, 0.717) is 26.3 Å². The van der Waals surface area contributed by atoms with Crippen LogP contribution in [0.25, 0.3) is 0 Å². The van der Waals surface area contributed by atoms with E-state index >= 15 is 0 Å². The number of morpholine rings is 1. The quantitative estimate of drug-likeness (QED) is 0.413. The van der Waals surface area contributed by atoms with Gasteiger partial charge in [-0.15, -0.1) is 0 Å². The van der Waals surface area contributed by atoms with E-state index in [0.717, 1.165) is 50.5 Å². The summed E-state index contributed by atoms with van der Waals surface area (Å²) >= 11 is 0. The summed E-state index contributed by atoms with van der Waals surface area (Å²) in [6.07, 6.45) is 10.2. The molecule has 7 nitrogen and oxygen atoms in total. The average molecular weight is 576 g/mol. The highest BCUT2D eigenvalue weighted by atomic mass is 16.5. The Labute approximate surface area is 251 Å². The number of nitriles is 1. The van der Waals surface area contributed by atoms with Gasteiger partial charge in [-0.1, -0.05) is 60.1 Å². The Bertz CT molecular complexity index is 1330. The fraction of sp³-hybridized carbons (Fsp3) is 0.771. The summed E-state index contributed by atoms with van der Waals surface area (Å²) in [5.41, 5.74) is -0.731. The van der Waals surface area contributed by atoms with Crippen LogP contribution in [-0.2, 0) is 14.3 Å². The van der Waals surface area contributed by atoms with Crippen LogP contribution in [0.4, 0.5) is 4.79 Å². The molecule has 0 aromatic heterocycles. The first-order valence-corrected chi connectivity index (χ1v) is 16.1. The summed E-state index contributed by atoms with van der Waals surface area (Å²) in [7, 11) is 0. The Morgan fingerprint density at radius 1 is 1.00 bits per heavy atom. The third-order valence-electron chi connectivity index (χ3n) is 13.5. The second-order valence-electron chi connectivity index (χ2n) is 16.4. The highest BCUT2D eigenvalue weighted by molar-refractivity contribution is 6.04. The Balaban J connectivity index is 1.45. The van der Waals surface area contributed by atoms with Crippen molar-refractivity contribution in [3.05, 3.63) is 23.3 Å². The molecule has 6 rings (SSSR count). The van der Waals surface area contributed by atoms with Gasteiger partial charge in [0.15, 0.2) is 11.6 Å². The van der Waals surface area contributed by atoms with Crippen molar-refractivity contribution in [2.75, 3.05) is 26.3 Å². The van der Waals surface area contributed by atoms with Gasteiger partial charge in [-0.2, -0.15) is 5.26 Å². The Hall–Kier alpha value is -2.46. The van der Waals surface area contributed by atoms with Crippen molar-refractivity contribution in [1.82, 2.24) is 10.2 Å². The van der Waals surface area contributed by atoms with Crippen LogP contribution in [0.15, 0.2) is 23.3 Å². The largest absolute Gasteiger partial charge is 0.378 e. The maximum Gasteiger partial charge on any atom is 0.317 e. The third kappa shape index (κ3) is 3.89. The molecule has 42 heavy (non-hydrogen) atoms. The lowest BCUT2D eigenvalue weighted by Gasteiger charge is -2.69. The van der Waals surface area contributed by atoms with Gasteiger partial charge >= 0.3 is 6.03 Å². The van der Waals surface area contributed by atoms with Crippen molar-refractivity contribution >= 4 is 17.6 Å². The van der Waals surface area contributed by atoms with Crippen LogP contribution in [0.2, 0.25) is 0 Å². The van der Waals surface area contributed by atoms with E-state index in [-0.39, 0.29) is 57.2 Å². The summed E-state index contributed by atoms with van der Waals surface area (Å²) in [6.45, 7) is 17.8. The molecule has 6 aliphatic rings. The highest BCUT2D eigenvalue weighted by Gasteiger charge is 2.70. The first kappa shape index (κ1) is 29.6. The standard InChI is InChI=1S/C35H49N3O4/c1-30(2)10-12-35(37-29(41)38-14-16-42-17-15-38)13-11-34(7)27(23(35)20-30)24(39)18-26-32(5)19-22(21-36)28(40)31(3,4)25(32)8-9-33(26,34)6/h18-19,23,25,27H,8-17,20H2,1-7H3,(H,37,41)/t23-,25+,27+,32-,33-,34-,35-/m1/s1. The number of fused-ring (bicyclic) bond motifs is 7. The summed E-state index contributed by atoms with van der Waals surface area (Å²) in [4.78, 5) is 43.5. The average Bonchev–Trinajstić information content (AvgIpc) is 2.93. The molecule has 1 aliphatic heterocycles. The Kier molecular flexibility index (Phi) is 6.53. The first-order valence-electron chi connectivity index (χ1n) is 16.1. The maximum atomic E-state index is 14.7. The molecule has 5 aliphatic carbocycles. The maximum absolute atomic E-state index is 14.7. The van der Waals surface area contributed by atoms with Gasteiger partial charge in [0.1, 0.15) is 6.07 Å². The van der Waals surface area contributed by atoms with Gasteiger partial charge < -0.3 is 15.0 Å². The monoisotopic (exact) mass is 575 g/mol. The second-order valence-corrected chi connectivity index (χ2v) is 16.4. The lowest BCUT2D eigenvalue weighted by Crippen LogP contribution is -2.70. The number of nitrogens with zero attached hydrogens (tertiary/aromatic N) is 2. The van der Waals surface area contributed by atoms with Gasteiger partial charge in [0.05, 0.1) is 18.8 Å². The fourth-order valence-corrected chi connectivity index (χ4v) is 10.9. The van der Waals surface area contributed by atoms with Crippen molar-refractivity contribution < 1.29 is 19.1 Å². The summed E-state index contributed by atoms with van der Waals surface area (Å²) in [6, 6.07) is 2.18. The van der Waals surface area contributed by atoms with Crippen molar-refractivity contribution in [1.29, 1.82) is 5.26 Å². The SMILES string of the molecule is CC1(C)CC[C@@]2(NC(=O)N3CCOCC3)CC[C@]3(C)[C@H](C(=O)C=C4[C@]5(C)C=C(C#N)C(=O)C(C)(C)[C@@H]5CC[C@]43C)[C@H]2C1. The molecular weight excluding hydrogens is 526 g/mol. The normalized spacial score (nSPS) is 43.9. The molecule has 0 aromatic carbocycles. The molecule has 0 bridgehead atoms. The third-order valence-corrected chi connectivity index (χ3v) is 13.5. The number of Topliss-reactive ketones (excluding diaryl/α,β-unsaturated/α-hetero) is 1. The van der Waals surface area contributed by atoms with E-state index in [9.17, 15) is 19.6 Å². The van der Waals surface area contributed by atoms with Gasteiger partial charge in [-0.05, 0) is 79.1 Å². The zero-order valence-electron chi connectivity index (χ0n) is 26.7. The topological polar surface area (TPSA) is 99.5 Å². The van der Waals surface area contributed by atoms with Crippen molar-refractivity contribution in [2.45, 2.75) is 99.0 Å². The number of carbonyl (C=O) groups excluding carboxylic acids is 3. The number of urea groups is 1. The summed E-state index contributed by atoms with van der Waals surface area (Å²) < 4.78 is 5.50. The molecule has 0 aromatic rings. The molecule has 7 atom stereocenters. The van der Waals surface area contributed by atoms with Crippen LogP contribution in [-0.4, -0.2) is 54.3 Å². The van der Waals surface area contributed by atoms with Gasteiger partial charge in [0.2, 0.25) is 0 Å². The van der Waals surface area contributed by atoms with E-state index in [1.807, 2.05) is 30.9 Å². The van der Waals surface area contributed by atoms with Crippen molar-refractivity contribution in [3.8, 4) is 6.07 Å². The highest BCUT2D eigenvalue weighted by Crippen LogP contribution is 2.73. The lowest BCUT2D eigenvalue weighted by molar-refractivity contribution is -0.160. The molecule has 0 spiro atoms. The summed E-state index contributed by atoms with van der Waals surface area (Å²) in [5.74, 6) is -0.0211. The van der Waals surface area contributed by atoms with Crippen LogP contribution in [0.1, 0.15) is 93.4 Å². The minimum Gasteiger partial charge on any atom is -0.378 e. The lowest BCUT2D eigenvalue weighted by atomic mass is 9.35. The smallest absolute Gasteiger partial charge is 0.317 e. The van der Waals surface area contributed by atoms with E-state index < -0.39 is 16.4 Å². The number of ether oxygens (including phenoxy) is 1. The molecular formula is C35H49N3O4. The molecule has 0 radical (unpaired) electrons. The molecule has 7 heteroatoms. The zero-order chi connectivity index (χ0) is 30.5. The van der Waals surface area contributed by atoms with E-state index in [4.69, 9.17) is 4.74 Å². The Morgan fingerprint density at radius 3 is 2.33 bits per heavy atom. The molecule has 1 saturated heterocycles. The van der Waals surface area contributed by atoms with Crippen LogP contribution >= 0.6 is 0 Å². The van der Waals surface area contributed by atoms with Gasteiger partial charge in [-0.25, -0.2) is 4.79 Å². The molecule has 0 unspecified atom stereocenters. The minimum atomic E-state index is -0.670. The van der Waals surface area contributed by atoms with Gasteiger partial charge in [0.25, 0.3) is 0 Å². The van der Waals surface area contributed by atoms with Crippen LogP contribution in [0, 0.1) is 56.2 Å². The first-order chi connectivity index (χ1) is 19.5. The van der Waals surface area contributed by atoms with Crippen LogP contribution < -0.4 is 5.32 Å². The molecule has 2 amide bonds. The fourth-order valence-electron chi connectivity index (χ4n) is 10.9. The minimum absolute atomic E-state index is 0.0198. The molecule has 1 heterocycles. The number of amides is 2. The number of hydrogen-bond acceptors (Lipinski definition) is 5. The van der Waals surface area contributed by atoms with Gasteiger partial charge in [0, 0.05) is 35.4 Å². The number of nitrogens with one attached hydrogen (secondary N) is 1. The van der Waals surface area contributed by atoms with Crippen LogP contribution in [0.3, 0.4) is 0 Å². The number of carbonyl (C=O) groups is 3. The molecule has 1 N–H and O–H groups in total. The molecule has 228 valence electrons. The van der Waals surface area contributed by atoms with E-state index in [2.05, 4.69) is 46.0 Å². The molecule has 4 fully saturated rings. The van der Waals surface area contributed by atoms with Crippen molar-refractivity contribution in [2.24, 2.45) is 44.8 Å². The van der Waals surface area contributed by atoms with Crippen LogP contribution in [0.5, 0.6) is 0 Å². The number of ketones is 2. The van der Waals surface area contributed by atoms with Crippen molar-refractivity contribution in [3.63, 3.8) is 0 Å². The predicted molar refractivity (Wildman–Crippen MR) is 160 cm³/mol. The number of allylic oxidation sites excluding steroid dienone is 4. The van der Waals surface area contributed by atoms with E-state index in [1.54, 1.807) is 0 Å².